The molecule has 0 aromatic carbocycles. The Morgan fingerprint density at radius 2 is 1.77 bits per heavy atom. The second kappa shape index (κ2) is 11.3. The van der Waals surface area contributed by atoms with Crippen LogP contribution in [-0.4, -0.2) is 54.5 Å². The monoisotopic (exact) mass is 333 g/mol. The van der Waals surface area contributed by atoms with Gasteiger partial charge in [0.1, 0.15) is 0 Å². The summed E-state index contributed by atoms with van der Waals surface area (Å²) in [6.07, 6.45) is 4.69. The van der Waals surface area contributed by atoms with E-state index < -0.39 is 0 Å². The van der Waals surface area contributed by atoms with Gasteiger partial charge >= 0.3 is 0 Å². The van der Waals surface area contributed by atoms with Gasteiger partial charge in [0.2, 0.25) is 5.91 Å². The Labute approximate surface area is 143 Å². The molecule has 0 spiro atoms. The Morgan fingerprint density at radius 3 is 2.27 bits per heavy atom. The summed E-state index contributed by atoms with van der Waals surface area (Å²) in [6.45, 7) is 12.8. The van der Waals surface area contributed by atoms with Gasteiger partial charge in [-0.2, -0.15) is 0 Å². The third-order valence-electron chi connectivity index (χ3n) is 4.11. The Balaban J connectivity index is 0.00000441. The molecule has 0 bridgehead atoms. The molecule has 1 fully saturated rings. The molecule has 1 heterocycles. The number of piperidine rings is 1. The third kappa shape index (κ3) is 7.80. The lowest BCUT2D eigenvalue weighted by Crippen LogP contribution is -2.48. The second-order valence-corrected chi connectivity index (χ2v) is 7.28. The Kier molecular flexibility index (Phi) is 11.1. The van der Waals surface area contributed by atoms with E-state index in [0.29, 0.717) is 30.3 Å². The SMILES string of the molecule is CC(C)CN(CC(C)C)C(=O)CN1CCCCC1CCN.Cl. The van der Waals surface area contributed by atoms with Crippen molar-refractivity contribution in [3.8, 4) is 0 Å². The zero-order chi connectivity index (χ0) is 15.8. The van der Waals surface area contributed by atoms with Crippen LogP contribution in [0.2, 0.25) is 0 Å². The predicted octanol–water partition coefficient (Wildman–Crippen LogP) is 2.75. The quantitative estimate of drug-likeness (QED) is 0.743. The maximum Gasteiger partial charge on any atom is 0.236 e. The van der Waals surface area contributed by atoms with Crippen molar-refractivity contribution in [2.45, 2.75) is 59.4 Å². The van der Waals surface area contributed by atoms with Crippen molar-refractivity contribution >= 4 is 18.3 Å². The number of carbonyl (C=O) groups excluding carboxylic acids is 1. The number of amides is 1. The summed E-state index contributed by atoms with van der Waals surface area (Å²) >= 11 is 0. The molecule has 1 unspecified atom stereocenters. The van der Waals surface area contributed by atoms with E-state index >= 15 is 0 Å². The fraction of sp³-hybridized carbons (Fsp3) is 0.941. The van der Waals surface area contributed by atoms with Gasteiger partial charge in [-0.1, -0.05) is 34.1 Å². The van der Waals surface area contributed by atoms with Crippen LogP contribution in [0.1, 0.15) is 53.4 Å². The normalized spacial score (nSPS) is 19.3. The van der Waals surface area contributed by atoms with Crippen LogP contribution >= 0.6 is 12.4 Å². The van der Waals surface area contributed by atoms with E-state index in [1.807, 2.05) is 0 Å². The lowest BCUT2D eigenvalue weighted by Gasteiger charge is -2.37. The average molecular weight is 334 g/mol. The van der Waals surface area contributed by atoms with Gasteiger partial charge < -0.3 is 10.6 Å². The van der Waals surface area contributed by atoms with Crippen LogP contribution < -0.4 is 5.73 Å². The summed E-state index contributed by atoms with van der Waals surface area (Å²) in [6, 6.07) is 0.507. The number of nitrogens with zero attached hydrogens (tertiary/aromatic N) is 2. The minimum atomic E-state index is 0. The van der Waals surface area contributed by atoms with Crippen molar-refractivity contribution in [3.05, 3.63) is 0 Å². The van der Waals surface area contributed by atoms with Crippen LogP contribution in [0.5, 0.6) is 0 Å². The van der Waals surface area contributed by atoms with E-state index in [-0.39, 0.29) is 12.4 Å². The fourth-order valence-electron chi connectivity index (χ4n) is 3.22. The van der Waals surface area contributed by atoms with Crippen molar-refractivity contribution in [2.24, 2.45) is 17.6 Å². The number of likely N-dealkylation sites (tertiary alicyclic amines) is 1. The maximum atomic E-state index is 12.7. The molecule has 2 N–H and O–H groups in total. The van der Waals surface area contributed by atoms with Crippen molar-refractivity contribution in [1.29, 1.82) is 0 Å². The van der Waals surface area contributed by atoms with Gasteiger partial charge in [0.15, 0.2) is 0 Å². The summed E-state index contributed by atoms with van der Waals surface area (Å²) in [5.74, 6) is 1.34. The van der Waals surface area contributed by atoms with Gasteiger partial charge in [-0.3, -0.25) is 9.69 Å². The molecule has 1 rings (SSSR count). The highest BCUT2D eigenvalue weighted by Gasteiger charge is 2.26. The van der Waals surface area contributed by atoms with Gasteiger partial charge in [-0.05, 0) is 44.2 Å². The standard InChI is InChI=1S/C17H35N3O.ClH/c1-14(2)11-20(12-15(3)4)17(21)13-19-10-6-5-7-16(19)8-9-18;/h14-16H,5-13,18H2,1-4H3;1H. The Hall–Kier alpha value is -0.320. The largest absolute Gasteiger partial charge is 0.341 e. The number of hydrogen-bond acceptors (Lipinski definition) is 3. The highest BCUT2D eigenvalue weighted by molar-refractivity contribution is 5.85. The molecule has 0 aromatic rings. The van der Waals surface area contributed by atoms with Gasteiger partial charge in [0.25, 0.3) is 0 Å². The predicted molar refractivity (Wildman–Crippen MR) is 96.4 cm³/mol. The molecule has 5 heteroatoms. The molecule has 0 aliphatic carbocycles. The number of carbonyl (C=O) groups is 1. The third-order valence-corrected chi connectivity index (χ3v) is 4.11. The van der Waals surface area contributed by atoms with E-state index in [1.54, 1.807) is 0 Å². The molecule has 0 aromatic heterocycles. The number of hydrogen-bond donors (Lipinski definition) is 1. The molecule has 1 aliphatic rings. The second-order valence-electron chi connectivity index (χ2n) is 7.28. The van der Waals surface area contributed by atoms with Crippen LogP contribution in [0.15, 0.2) is 0 Å². The summed E-state index contributed by atoms with van der Waals surface area (Å²) in [5.41, 5.74) is 5.72. The van der Waals surface area contributed by atoms with Crippen LogP contribution in [0.4, 0.5) is 0 Å². The summed E-state index contributed by atoms with van der Waals surface area (Å²) in [4.78, 5) is 17.1. The lowest BCUT2D eigenvalue weighted by atomic mass is 9.99. The molecule has 1 atom stereocenters. The Morgan fingerprint density at radius 1 is 1.18 bits per heavy atom. The van der Waals surface area contributed by atoms with Crippen molar-refractivity contribution in [3.63, 3.8) is 0 Å². The molecular weight excluding hydrogens is 298 g/mol. The lowest BCUT2D eigenvalue weighted by molar-refractivity contribution is -0.134. The molecule has 1 saturated heterocycles. The number of nitrogens with two attached hydrogens (primary N) is 1. The molecule has 4 nitrogen and oxygen atoms in total. The van der Waals surface area contributed by atoms with Crippen molar-refractivity contribution < 1.29 is 4.79 Å². The van der Waals surface area contributed by atoms with Gasteiger partial charge in [0, 0.05) is 19.1 Å². The maximum absolute atomic E-state index is 12.7. The molecule has 0 saturated carbocycles. The first-order valence-corrected chi connectivity index (χ1v) is 8.66. The van der Waals surface area contributed by atoms with E-state index in [1.165, 1.54) is 19.3 Å². The van der Waals surface area contributed by atoms with E-state index in [2.05, 4.69) is 37.5 Å². The summed E-state index contributed by atoms with van der Waals surface area (Å²) in [7, 11) is 0. The van der Waals surface area contributed by atoms with Crippen molar-refractivity contribution in [1.82, 2.24) is 9.80 Å². The van der Waals surface area contributed by atoms with E-state index in [9.17, 15) is 4.79 Å². The molecule has 0 radical (unpaired) electrons. The van der Waals surface area contributed by atoms with Gasteiger partial charge in [0.05, 0.1) is 6.54 Å². The number of rotatable bonds is 8. The highest BCUT2D eigenvalue weighted by atomic mass is 35.5. The molecular formula is C17H36ClN3O. The molecule has 1 amide bonds. The van der Waals surface area contributed by atoms with E-state index in [0.717, 1.165) is 32.6 Å². The minimum Gasteiger partial charge on any atom is -0.341 e. The summed E-state index contributed by atoms with van der Waals surface area (Å²) in [5, 5.41) is 0. The molecule has 1 aliphatic heterocycles. The van der Waals surface area contributed by atoms with E-state index in [4.69, 9.17) is 5.73 Å². The Bertz CT molecular complexity index is 298. The van der Waals surface area contributed by atoms with Crippen LogP contribution in [-0.2, 0) is 4.79 Å². The van der Waals surface area contributed by atoms with Gasteiger partial charge in [-0.25, -0.2) is 0 Å². The topological polar surface area (TPSA) is 49.6 Å². The van der Waals surface area contributed by atoms with Crippen LogP contribution in [0.3, 0.4) is 0 Å². The zero-order valence-electron chi connectivity index (χ0n) is 14.9. The fourth-order valence-corrected chi connectivity index (χ4v) is 3.22. The summed E-state index contributed by atoms with van der Waals surface area (Å²) < 4.78 is 0. The smallest absolute Gasteiger partial charge is 0.236 e. The van der Waals surface area contributed by atoms with Gasteiger partial charge in [-0.15, -0.1) is 12.4 Å². The zero-order valence-corrected chi connectivity index (χ0v) is 15.7. The van der Waals surface area contributed by atoms with Crippen LogP contribution in [0.25, 0.3) is 0 Å². The van der Waals surface area contributed by atoms with Crippen LogP contribution in [0, 0.1) is 11.8 Å². The minimum absolute atomic E-state index is 0. The molecule has 22 heavy (non-hydrogen) atoms. The first kappa shape index (κ1) is 21.7. The average Bonchev–Trinajstić information content (AvgIpc) is 2.39. The first-order chi connectivity index (χ1) is 9.93. The first-order valence-electron chi connectivity index (χ1n) is 8.66. The molecule has 132 valence electrons. The highest BCUT2D eigenvalue weighted by Crippen LogP contribution is 2.19. The van der Waals surface area contributed by atoms with Crippen molar-refractivity contribution in [2.75, 3.05) is 32.7 Å². The number of halogens is 1.